The topological polar surface area (TPSA) is 21.3 Å². The number of rotatable bonds is 4. The molecule has 19 heavy (non-hydrogen) atoms. The third-order valence-electron chi connectivity index (χ3n) is 2.93. The molecule has 2 nitrogen and oxygen atoms in total. The molecule has 0 amide bonds. The van der Waals surface area contributed by atoms with Crippen molar-refractivity contribution in [2.75, 3.05) is 14.2 Å². The maximum atomic E-state index is 6.06. The van der Waals surface area contributed by atoms with Crippen molar-refractivity contribution in [1.29, 1.82) is 0 Å². The summed E-state index contributed by atoms with van der Waals surface area (Å²) in [5.41, 5.74) is 2.12. The molecule has 0 bridgehead atoms. The fourth-order valence-corrected chi connectivity index (χ4v) is 2.63. The number of halogens is 2. The SMILES string of the molecule is CNC(c1cc(Cl)cc(Cl)c1)c1cccc(OC)c1. The van der Waals surface area contributed by atoms with Crippen LogP contribution in [-0.2, 0) is 0 Å². The molecule has 0 heterocycles. The number of methoxy groups -OCH3 is 1. The van der Waals surface area contributed by atoms with Crippen LogP contribution in [0.3, 0.4) is 0 Å². The van der Waals surface area contributed by atoms with E-state index in [2.05, 4.69) is 5.32 Å². The molecule has 1 atom stereocenters. The molecule has 0 aromatic heterocycles. The molecule has 0 fully saturated rings. The maximum absolute atomic E-state index is 6.06. The van der Waals surface area contributed by atoms with Crippen molar-refractivity contribution in [3.05, 3.63) is 63.6 Å². The van der Waals surface area contributed by atoms with E-state index < -0.39 is 0 Å². The molecular weight excluding hydrogens is 281 g/mol. The highest BCUT2D eigenvalue weighted by Gasteiger charge is 2.13. The first kappa shape index (κ1) is 14.2. The minimum Gasteiger partial charge on any atom is -0.497 e. The van der Waals surface area contributed by atoms with E-state index in [0.717, 1.165) is 16.9 Å². The summed E-state index contributed by atoms with van der Waals surface area (Å²) in [5, 5.41) is 4.53. The van der Waals surface area contributed by atoms with Gasteiger partial charge in [-0.3, -0.25) is 0 Å². The Balaban J connectivity index is 2.43. The lowest BCUT2D eigenvalue weighted by atomic mass is 9.99. The highest BCUT2D eigenvalue weighted by Crippen LogP contribution is 2.29. The van der Waals surface area contributed by atoms with Gasteiger partial charge in [0.25, 0.3) is 0 Å². The van der Waals surface area contributed by atoms with Gasteiger partial charge < -0.3 is 10.1 Å². The number of benzene rings is 2. The van der Waals surface area contributed by atoms with Crippen LogP contribution in [-0.4, -0.2) is 14.2 Å². The number of nitrogens with one attached hydrogen (secondary N) is 1. The molecular formula is C15H15Cl2NO. The van der Waals surface area contributed by atoms with E-state index in [-0.39, 0.29) is 6.04 Å². The van der Waals surface area contributed by atoms with Crippen LogP contribution in [0.4, 0.5) is 0 Å². The molecule has 1 unspecified atom stereocenters. The van der Waals surface area contributed by atoms with Gasteiger partial charge in [0, 0.05) is 10.0 Å². The lowest BCUT2D eigenvalue weighted by Crippen LogP contribution is -2.17. The van der Waals surface area contributed by atoms with Gasteiger partial charge in [-0.05, 0) is 48.5 Å². The molecule has 0 saturated heterocycles. The van der Waals surface area contributed by atoms with Crippen LogP contribution in [0, 0.1) is 0 Å². The normalized spacial score (nSPS) is 12.2. The van der Waals surface area contributed by atoms with Gasteiger partial charge in [-0.15, -0.1) is 0 Å². The molecule has 100 valence electrons. The minimum absolute atomic E-state index is 0.0197. The Labute approximate surface area is 123 Å². The average Bonchev–Trinajstić information content (AvgIpc) is 2.39. The van der Waals surface area contributed by atoms with Crippen LogP contribution in [0.1, 0.15) is 17.2 Å². The Kier molecular flexibility index (Phi) is 4.70. The zero-order chi connectivity index (χ0) is 13.8. The fraction of sp³-hybridized carbons (Fsp3) is 0.200. The van der Waals surface area contributed by atoms with Crippen LogP contribution in [0.2, 0.25) is 10.0 Å². The van der Waals surface area contributed by atoms with Crippen LogP contribution < -0.4 is 10.1 Å². The summed E-state index contributed by atoms with van der Waals surface area (Å²) in [5.74, 6) is 0.825. The minimum atomic E-state index is 0.0197. The molecule has 0 aliphatic carbocycles. The standard InChI is InChI=1S/C15H15Cl2NO/c1-18-15(10-4-3-5-14(8-10)19-2)11-6-12(16)9-13(17)7-11/h3-9,15,18H,1-2H3. The summed E-state index contributed by atoms with van der Waals surface area (Å²) < 4.78 is 5.25. The molecule has 4 heteroatoms. The summed E-state index contributed by atoms with van der Waals surface area (Å²) in [6.45, 7) is 0. The second kappa shape index (κ2) is 6.29. The molecule has 2 aromatic rings. The van der Waals surface area contributed by atoms with Crippen molar-refractivity contribution in [3.8, 4) is 5.75 Å². The van der Waals surface area contributed by atoms with Crippen molar-refractivity contribution >= 4 is 23.2 Å². The zero-order valence-corrected chi connectivity index (χ0v) is 12.3. The lowest BCUT2D eigenvalue weighted by Gasteiger charge is -2.18. The van der Waals surface area contributed by atoms with Gasteiger partial charge in [-0.2, -0.15) is 0 Å². The summed E-state index contributed by atoms with van der Waals surface area (Å²) >= 11 is 12.1. The quantitative estimate of drug-likeness (QED) is 0.907. The maximum Gasteiger partial charge on any atom is 0.119 e. The predicted molar refractivity (Wildman–Crippen MR) is 80.4 cm³/mol. The van der Waals surface area contributed by atoms with E-state index in [1.807, 2.05) is 43.4 Å². The second-order valence-electron chi connectivity index (χ2n) is 4.20. The van der Waals surface area contributed by atoms with Gasteiger partial charge >= 0.3 is 0 Å². The van der Waals surface area contributed by atoms with Crippen molar-refractivity contribution in [1.82, 2.24) is 5.32 Å². The molecule has 2 rings (SSSR count). The van der Waals surface area contributed by atoms with Gasteiger partial charge in [0.05, 0.1) is 13.2 Å². The molecule has 1 N–H and O–H groups in total. The average molecular weight is 296 g/mol. The van der Waals surface area contributed by atoms with E-state index in [1.165, 1.54) is 0 Å². The van der Waals surface area contributed by atoms with E-state index in [0.29, 0.717) is 10.0 Å². The number of hydrogen-bond acceptors (Lipinski definition) is 2. The van der Waals surface area contributed by atoms with Gasteiger partial charge in [0.1, 0.15) is 5.75 Å². The zero-order valence-electron chi connectivity index (χ0n) is 10.8. The monoisotopic (exact) mass is 295 g/mol. The van der Waals surface area contributed by atoms with E-state index in [1.54, 1.807) is 13.2 Å². The summed E-state index contributed by atoms with van der Waals surface area (Å²) in [6, 6.07) is 13.5. The fourth-order valence-electron chi connectivity index (χ4n) is 2.09. The highest BCUT2D eigenvalue weighted by atomic mass is 35.5. The van der Waals surface area contributed by atoms with Crippen molar-refractivity contribution < 1.29 is 4.74 Å². The van der Waals surface area contributed by atoms with Crippen molar-refractivity contribution in [2.45, 2.75) is 6.04 Å². The third-order valence-corrected chi connectivity index (χ3v) is 3.37. The highest BCUT2D eigenvalue weighted by molar-refractivity contribution is 6.34. The first-order valence-corrected chi connectivity index (χ1v) is 6.67. The van der Waals surface area contributed by atoms with E-state index in [9.17, 15) is 0 Å². The first-order chi connectivity index (χ1) is 9.13. The Bertz CT molecular complexity index is 552. The third kappa shape index (κ3) is 3.41. The predicted octanol–water partition coefficient (Wildman–Crippen LogP) is 4.31. The van der Waals surface area contributed by atoms with Crippen LogP contribution in [0.5, 0.6) is 5.75 Å². The van der Waals surface area contributed by atoms with Crippen LogP contribution >= 0.6 is 23.2 Å². The second-order valence-corrected chi connectivity index (χ2v) is 5.07. The first-order valence-electron chi connectivity index (χ1n) is 5.91. The van der Waals surface area contributed by atoms with E-state index in [4.69, 9.17) is 27.9 Å². The molecule has 0 aliphatic heterocycles. The Morgan fingerprint density at radius 3 is 2.26 bits per heavy atom. The molecule has 2 aromatic carbocycles. The Hall–Kier alpha value is -1.22. The largest absolute Gasteiger partial charge is 0.497 e. The molecule has 0 spiro atoms. The van der Waals surface area contributed by atoms with Crippen LogP contribution in [0.25, 0.3) is 0 Å². The Morgan fingerprint density at radius 2 is 1.68 bits per heavy atom. The summed E-state index contributed by atoms with van der Waals surface area (Å²) in [7, 11) is 3.56. The molecule has 0 radical (unpaired) electrons. The van der Waals surface area contributed by atoms with E-state index >= 15 is 0 Å². The van der Waals surface area contributed by atoms with Crippen molar-refractivity contribution in [3.63, 3.8) is 0 Å². The lowest BCUT2D eigenvalue weighted by molar-refractivity contribution is 0.414. The molecule has 0 saturated carbocycles. The Morgan fingerprint density at radius 1 is 1.00 bits per heavy atom. The van der Waals surface area contributed by atoms with Gasteiger partial charge in [0.2, 0.25) is 0 Å². The molecule has 0 aliphatic rings. The van der Waals surface area contributed by atoms with Gasteiger partial charge in [-0.1, -0.05) is 35.3 Å². The van der Waals surface area contributed by atoms with Gasteiger partial charge in [-0.25, -0.2) is 0 Å². The number of ether oxygens (including phenoxy) is 1. The summed E-state index contributed by atoms with van der Waals surface area (Å²) in [6.07, 6.45) is 0. The number of hydrogen-bond donors (Lipinski definition) is 1. The smallest absolute Gasteiger partial charge is 0.119 e. The summed E-state index contributed by atoms with van der Waals surface area (Å²) in [4.78, 5) is 0. The van der Waals surface area contributed by atoms with Gasteiger partial charge in [0.15, 0.2) is 0 Å². The van der Waals surface area contributed by atoms with Crippen molar-refractivity contribution in [2.24, 2.45) is 0 Å². The van der Waals surface area contributed by atoms with Crippen LogP contribution in [0.15, 0.2) is 42.5 Å².